The minimum absolute atomic E-state index is 0.630. The molecule has 0 bridgehead atoms. The fourth-order valence-electron chi connectivity index (χ4n) is 1.84. The smallest absolute Gasteiger partial charge is 0.122 e. The van der Waals surface area contributed by atoms with Crippen LogP contribution < -0.4 is 5.32 Å². The first-order valence-electron chi connectivity index (χ1n) is 5.43. The molecule has 0 spiro atoms. The molecule has 2 rings (SSSR count). The van der Waals surface area contributed by atoms with E-state index in [4.69, 9.17) is 0 Å². The second kappa shape index (κ2) is 3.73. The van der Waals surface area contributed by atoms with Gasteiger partial charge in [-0.15, -0.1) is 0 Å². The Bertz CT molecular complexity index is 299. The van der Waals surface area contributed by atoms with Crippen molar-refractivity contribution in [3.05, 3.63) is 18.2 Å². The average Bonchev–Trinajstić information content (AvgIpc) is 2.86. The van der Waals surface area contributed by atoms with Gasteiger partial charge in [-0.2, -0.15) is 0 Å². The highest BCUT2D eigenvalue weighted by atomic mass is 15.1. The lowest BCUT2D eigenvalue weighted by molar-refractivity contribution is 0.438. The van der Waals surface area contributed by atoms with Crippen molar-refractivity contribution in [3.63, 3.8) is 0 Å². The van der Waals surface area contributed by atoms with Gasteiger partial charge in [0.2, 0.25) is 0 Å². The SMILES string of the molecule is CCC1(CNCc2nccn2C)CC1. The zero-order valence-electron chi connectivity index (χ0n) is 9.08. The van der Waals surface area contributed by atoms with Gasteiger partial charge in [0.25, 0.3) is 0 Å². The van der Waals surface area contributed by atoms with Crippen LogP contribution >= 0.6 is 0 Å². The molecule has 1 aromatic rings. The van der Waals surface area contributed by atoms with Crippen LogP contribution in [0.2, 0.25) is 0 Å². The molecule has 1 aromatic heterocycles. The summed E-state index contributed by atoms with van der Waals surface area (Å²) in [6.07, 6.45) is 7.95. The molecular formula is C11H19N3. The van der Waals surface area contributed by atoms with Crippen LogP contribution in [0.3, 0.4) is 0 Å². The molecular weight excluding hydrogens is 174 g/mol. The third kappa shape index (κ3) is 1.98. The molecule has 1 N–H and O–H groups in total. The molecule has 1 heterocycles. The predicted molar refractivity (Wildman–Crippen MR) is 56.9 cm³/mol. The van der Waals surface area contributed by atoms with Crippen molar-refractivity contribution in [2.45, 2.75) is 32.7 Å². The molecule has 3 heteroatoms. The molecule has 0 unspecified atom stereocenters. The van der Waals surface area contributed by atoms with Crippen molar-refractivity contribution in [1.82, 2.24) is 14.9 Å². The minimum Gasteiger partial charge on any atom is -0.337 e. The number of aromatic nitrogens is 2. The van der Waals surface area contributed by atoms with Crippen molar-refractivity contribution >= 4 is 0 Å². The molecule has 1 aliphatic carbocycles. The molecule has 0 saturated heterocycles. The Morgan fingerprint density at radius 1 is 1.57 bits per heavy atom. The summed E-state index contributed by atoms with van der Waals surface area (Å²) in [6, 6.07) is 0. The molecule has 0 atom stereocenters. The number of hydrogen-bond donors (Lipinski definition) is 1. The number of rotatable bonds is 5. The van der Waals surface area contributed by atoms with Crippen LogP contribution in [0.5, 0.6) is 0 Å². The van der Waals surface area contributed by atoms with E-state index >= 15 is 0 Å². The van der Waals surface area contributed by atoms with Gasteiger partial charge in [0, 0.05) is 26.0 Å². The Hall–Kier alpha value is -0.830. The van der Waals surface area contributed by atoms with Crippen LogP contribution in [0, 0.1) is 5.41 Å². The molecule has 0 radical (unpaired) electrons. The number of hydrogen-bond acceptors (Lipinski definition) is 2. The molecule has 0 amide bonds. The van der Waals surface area contributed by atoms with Crippen molar-refractivity contribution in [1.29, 1.82) is 0 Å². The topological polar surface area (TPSA) is 29.9 Å². The number of aryl methyl sites for hydroxylation is 1. The Labute approximate surface area is 85.5 Å². The zero-order chi connectivity index (χ0) is 10.0. The highest BCUT2D eigenvalue weighted by molar-refractivity contribution is 4.95. The third-order valence-corrected chi connectivity index (χ3v) is 3.41. The highest BCUT2D eigenvalue weighted by Gasteiger charge is 2.39. The van der Waals surface area contributed by atoms with Crippen LogP contribution in [0.15, 0.2) is 12.4 Å². The molecule has 3 nitrogen and oxygen atoms in total. The lowest BCUT2D eigenvalue weighted by atomic mass is 10.0. The predicted octanol–water partition coefficient (Wildman–Crippen LogP) is 1.70. The molecule has 1 fully saturated rings. The molecule has 14 heavy (non-hydrogen) atoms. The summed E-state index contributed by atoms with van der Waals surface area (Å²) in [5.74, 6) is 1.12. The van der Waals surface area contributed by atoms with Crippen molar-refractivity contribution in [2.75, 3.05) is 6.54 Å². The van der Waals surface area contributed by atoms with Crippen molar-refractivity contribution in [2.24, 2.45) is 12.5 Å². The van der Waals surface area contributed by atoms with Gasteiger partial charge in [0.1, 0.15) is 5.82 Å². The summed E-state index contributed by atoms with van der Waals surface area (Å²) in [5, 5.41) is 3.50. The van der Waals surface area contributed by atoms with Gasteiger partial charge in [-0.05, 0) is 24.7 Å². The third-order valence-electron chi connectivity index (χ3n) is 3.41. The van der Waals surface area contributed by atoms with Crippen LogP contribution in [0.1, 0.15) is 32.0 Å². The second-order valence-electron chi connectivity index (χ2n) is 4.41. The van der Waals surface area contributed by atoms with E-state index in [1.165, 1.54) is 19.3 Å². The van der Waals surface area contributed by atoms with Gasteiger partial charge in [-0.1, -0.05) is 6.92 Å². The van der Waals surface area contributed by atoms with E-state index in [2.05, 4.69) is 21.8 Å². The van der Waals surface area contributed by atoms with Crippen LogP contribution in [0.25, 0.3) is 0 Å². The number of nitrogens with zero attached hydrogens (tertiary/aromatic N) is 2. The van der Waals surface area contributed by atoms with Gasteiger partial charge in [-0.25, -0.2) is 4.98 Å². The summed E-state index contributed by atoms with van der Waals surface area (Å²) < 4.78 is 2.07. The van der Waals surface area contributed by atoms with Gasteiger partial charge >= 0.3 is 0 Å². The first-order chi connectivity index (χ1) is 6.76. The van der Waals surface area contributed by atoms with E-state index in [9.17, 15) is 0 Å². The standard InChI is InChI=1S/C11H19N3/c1-3-11(4-5-11)9-12-8-10-13-6-7-14(10)2/h6-7,12H,3-5,8-9H2,1-2H3. The number of nitrogens with one attached hydrogen (secondary N) is 1. The Morgan fingerprint density at radius 3 is 2.86 bits per heavy atom. The van der Waals surface area contributed by atoms with Crippen molar-refractivity contribution < 1.29 is 0 Å². The summed E-state index contributed by atoms with van der Waals surface area (Å²) >= 11 is 0. The minimum atomic E-state index is 0.630. The van der Waals surface area contributed by atoms with Gasteiger partial charge in [-0.3, -0.25) is 0 Å². The first-order valence-corrected chi connectivity index (χ1v) is 5.43. The summed E-state index contributed by atoms with van der Waals surface area (Å²) in [7, 11) is 2.04. The van der Waals surface area contributed by atoms with E-state index in [1.807, 2.05) is 19.4 Å². The average molecular weight is 193 g/mol. The molecule has 0 aromatic carbocycles. The first kappa shape index (κ1) is 9.71. The van der Waals surface area contributed by atoms with Crippen LogP contribution in [-0.4, -0.2) is 16.1 Å². The van der Waals surface area contributed by atoms with Crippen LogP contribution in [0.4, 0.5) is 0 Å². The zero-order valence-corrected chi connectivity index (χ0v) is 9.08. The van der Waals surface area contributed by atoms with Gasteiger partial charge in [0.15, 0.2) is 0 Å². The van der Waals surface area contributed by atoms with Crippen molar-refractivity contribution in [3.8, 4) is 0 Å². The van der Waals surface area contributed by atoms with Crippen LogP contribution in [-0.2, 0) is 13.6 Å². The van der Waals surface area contributed by atoms with E-state index in [0.29, 0.717) is 5.41 Å². The Balaban J connectivity index is 1.76. The van der Waals surface area contributed by atoms with E-state index < -0.39 is 0 Å². The fourth-order valence-corrected chi connectivity index (χ4v) is 1.84. The lowest BCUT2D eigenvalue weighted by Gasteiger charge is -2.12. The summed E-state index contributed by atoms with van der Waals surface area (Å²) in [5.41, 5.74) is 0.630. The van der Waals surface area contributed by atoms with E-state index in [0.717, 1.165) is 18.9 Å². The highest BCUT2D eigenvalue weighted by Crippen LogP contribution is 2.47. The Kier molecular flexibility index (Phi) is 2.59. The largest absolute Gasteiger partial charge is 0.337 e. The lowest BCUT2D eigenvalue weighted by Crippen LogP contribution is -2.24. The molecule has 0 aliphatic heterocycles. The monoisotopic (exact) mass is 193 g/mol. The van der Waals surface area contributed by atoms with E-state index in [-0.39, 0.29) is 0 Å². The van der Waals surface area contributed by atoms with Gasteiger partial charge < -0.3 is 9.88 Å². The maximum Gasteiger partial charge on any atom is 0.122 e. The maximum absolute atomic E-state index is 4.28. The summed E-state index contributed by atoms with van der Waals surface area (Å²) in [6.45, 7) is 4.33. The normalized spacial score (nSPS) is 18.4. The fraction of sp³-hybridized carbons (Fsp3) is 0.727. The number of imidazole rings is 1. The molecule has 1 aliphatic rings. The maximum atomic E-state index is 4.28. The second-order valence-corrected chi connectivity index (χ2v) is 4.41. The van der Waals surface area contributed by atoms with E-state index in [1.54, 1.807) is 0 Å². The Morgan fingerprint density at radius 2 is 2.36 bits per heavy atom. The summed E-state index contributed by atoms with van der Waals surface area (Å²) in [4.78, 5) is 4.28. The quantitative estimate of drug-likeness (QED) is 0.771. The molecule has 1 saturated carbocycles. The van der Waals surface area contributed by atoms with Gasteiger partial charge in [0.05, 0.1) is 6.54 Å². The molecule has 78 valence electrons.